The molecule has 0 aliphatic heterocycles. The van der Waals surface area contributed by atoms with Gasteiger partial charge in [0.2, 0.25) is 0 Å². The SMILES string of the molecule is CC1(C)[C@H]2CC[C@@]34C(=O)C=C([Si](C)(C)C)[C@@H](C=C3[C@]2(C)CC[C@H]1OC(=O)c1ccc([N+](=O)[O-])cc1)C4=O. The van der Waals surface area contributed by atoms with Crippen LogP contribution in [0.4, 0.5) is 5.69 Å². The second-order valence-electron chi connectivity index (χ2n) is 13.1. The number of non-ortho nitro benzene ring substituents is 1. The average molecular weight is 522 g/mol. The molecule has 0 heterocycles. The molecule has 2 saturated carbocycles. The summed E-state index contributed by atoms with van der Waals surface area (Å²) in [5.74, 6) is -0.587. The van der Waals surface area contributed by atoms with Crippen molar-refractivity contribution in [2.24, 2.45) is 28.1 Å². The van der Waals surface area contributed by atoms with Crippen LogP contribution in [0.1, 0.15) is 56.8 Å². The highest BCUT2D eigenvalue weighted by Crippen LogP contribution is 2.68. The second kappa shape index (κ2) is 8.06. The number of benzene rings is 1. The molecule has 8 heteroatoms. The van der Waals surface area contributed by atoms with Gasteiger partial charge in [0.1, 0.15) is 11.5 Å². The van der Waals surface area contributed by atoms with E-state index in [1.165, 1.54) is 24.3 Å². The van der Waals surface area contributed by atoms with Gasteiger partial charge in [-0.05, 0) is 60.8 Å². The van der Waals surface area contributed by atoms with Crippen molar-refractivity contribution in [2.75, 3.05) is 0 Å². The number of nitro benzene ring substituents is 1. The number of hydrogen-bond donors (Lipinski definition) is 0. The number of Topliss-reactive ketones (excluding diaryl/α,β-unsaturated/α-hetero) is 1. The van der Waals surface area contributed by atoms with Gasteiger partial charge < -0.3 is 4.74 Å². The fourth-order valence-electron chi connectivity index (χ4n) is 7.89. The van der Waals surface area contributed by atoms with E-state index in [-0.39, 0.29) is 51.6 Å². The molecule has 7 nitrogen and oxygen atoms in total. The van der Waals surface area contributed by atoms with E-state index in [4.69, 9.17) is 4.74 Å². The number of nitrogens with zero attached hydrogens (tertiary/aromatic N) is 1. The Morgan fingerprint density at radius 1 is 1.05 bits per heavy atom. The molecule has 0 unspecified atom stereocenters. The fourth-order valence-corrected chi connectivity index (χ4v) is 9.60. The maximum Gasteiger partial charge on any atom is 0.338 e. The van der Waals surface area contributed by atoms with Crippen molar-refractivity contribution in [3.8, 4) is 0 Å². The van der Waals surface area contributed by atoms with Gasteiger partial charge in [-0.1, -0.05) is 51.7 Å². The third-order valence-corrected chi connectivity index (χ3v) is 12.0. The second-order valence-corrected chi connectivity index (χ2v) is 18.2. The summed E-state index contributed by atoms with van der Waals surface area (Å²) in [7, 11) is -1.85. The van der Waals surface area contributed by atoms with Crippen LogP contribution in [0, 0.1) is 38.2 Å². The van der Waals surface area contributed by atoms with Gasteiger partial charge in [-0.25, -0.2) is 4.79 Å². The van der Waals surface area contributed by atoms with Crippen LogP contribution in [0.15, 0.2) is 47.2 Å². The first-order valence-electron chi connectivity index (χ1n) is 13.1. The van der Waals surface area contributed by atoms with Gasteiger partial charge in [0, 0.05) is 17.5 Å². The van der Waals surface area contributed by atoms with E-state index in [1.54, 1.807) is 0 Å². The van der Waals surface area contributed by atoms with E-state index in [1.807, 2.05) is 6.08 Å². The van der Waals surface area contributed by atoms with Crippen molar-refractivity contribution in [1.82, 2.24) is 0 Å². The number of carbonyl (C=O) groups excluding carboxylic acids is 3. The van der Waals surface area contributed by atoms with Gasteiger partial charge in [-0.3, -0.25) is 19.7 Å². The highest BCUT2D eigenvalue weighted by molar-refractivity contribution is 6.84. The molecule has 1 spiro atoms. The number of esters is 1. The lowest BCUT2D eigenvalue weighted by Crippen LogP contribution is -2.59. The molecule has 5 atom stereocenters. The Balaban J connectivity index is 1.44. The molecule has 1 aromatic carbocycles. The van der Waals surface area contributed by atoms with Crippen molar-refractivity contribution in [2.45, 2.75) is 72.2 Å². The Morgan fingerprint density at radius 2 is 1.70 bits per heavy atom. The molecule has 0 aromatic heterocycles. The zero-order valence-electron chi connectivity index (χ0n) is 22.4. The molecule has 4 aliphatic carbocycles. The Kier molecular flexibility index (Phi) is 5.61. The van der Waals surface area contributed by atoms with E-state index in [0.29, 0.717) is 19.3 Å². The Hall–Kier alpha value is -2.87. The van der Waals surface area contributed by atoms with Crippen molar-refractivity contribution < 1.29 is 24.0 Å². The summed E-state index contributed by atoms with van der Waals surface area (Å²) < 4.78 is 6.02. The minimum absolute atomic E-state index is 0.0286. The lowest BCUT2D eigenvalue weighted by molar-refractivity contribution is -0.384. The van der Waals surface area contributed by atoms with E-state index in [2.05, 4.69) is 46.5 Å². The van der Waals surface area contributed by atoms with E-state index >= 15 is 0 Å². The van der Waals surface area contributed by atoms with Crippen LogP contribution in [-0.4, -0.2) is 36.6 Å². The third kappa shape index (κ3) is 3.55. The number of fused-ring (bicyclic) bond motifs is 3. The van der Waals surface area contributed by atoms with Gasteiger partial charge in [0.05, 0.1) is 24.5 Å². The molecule has 0 amide bonds. The summed E-state index contributed by atoms with van der Waals surface area (Å²) in [5, 5.41) is 12.0. The quantitative estimate of drug-likeness (QED) is 0.123. The summed E-state index contributed by atoms with van der Waals surface area (Å²) in [6, 6.07) is 5.46. The highest BCUT2D eigenvalue weighted by atomic mass is 28.3. The molecule has 0 radical (unpaired) electrons. The summed E-state index contributed by atoms with van der Waals surface area (Å²) in [6.07, 6.45) is 6.18. The van der Waals surface area contributed by atoms with Crippen LogP contribution in [0.5, 0.6) is 0 Å². The molecule has 0 saturated heterocycles. The summed E-state index contributed by atoms with van der Waals surface area (Å²) in [6.45, 7) is 13.0. The van der Waals surface area contributed by atoms with Crippen molar-refractivity contribution >= 4 is 31.3 Å². The number of ether oxygens (including phenoxy) is 1. The minimum Gasteiger partial charge on any atom is -0.458 e. The summed E-state index contributed by atoms with van der Waals surface area (Å²) in [5.41, 5.74) is -0.519. The van der Waals surface area contributed by atoms with Gasteiger partial charge >= 0.3 is 5.97 Å². The van der Waals surface area contributed by atoms with Crippen LogP contribution >= 0.6 is 0 Å². The van der Waals surface area contributed by atoms with Crippen LogP contribution in [0.25, 0.3) is 0 Å². The predicted molar refractivity (Wildman–Crippen MR) is 142 cm³/mol. The van der Waals surface area contributed by atoms with Crippen molar-refractivity contribution in [3.05, 3.63) is 62.9 Å². The van der Waals surface area contributed by atoms with Crippen LogP contribution in [0.3, 0.4) is 0 Å². The smallest absolute Gasteiger partial charge is 0.338 e. The molecule has 196 valence electrons. The van der Waals surface area contributed by atoms with Crippen LogP contribution < -0.4 is 0 Å². The maximum atomic E-state index is 13.8. The molecule has 4 aliphatic rings. The third-order valence-electron chi connectivity index (χ3n) is 9.81. The van der Waals surface area contributed by atoms with E-state index < -0.39 is 24.4 Å². The first-order valence-corrected chi connectivity index (χ1v) is 16.6. The zero-order chi connectivity index (χ0) is 27.1. The van der Waals surface area contributed by atoms with Gasteiger partial charge in [-0.15, -0.1) is 0 Å². The zero-order valence-corrected chi connectivity index (χ0v) is 23.4. The highest BCUT2D eigenvalue weighted by Gasteiger charge is 2.68. The Labute approximate surface area is 218 Å². The van der Waals surface area contributed by atoms with Gasteiger partial charge in [0.15, 0.2) is 11.6 Å². The van der Waals surface area contributed by atoms with Gasteiger partial charge in [-0.2, -0.15) is 0 Å². The van der Waals surface area contributed by atoms with Crippen LogP contribution in [-0.2, 0) is 14.3 Å². The molecule has 0 N–H and O–H groups in total. The number of allylic oxidation sites excluding steroid dienone is 4. The maximum absolute atomic E-state index is 13.8. The molecule has 2 fully saturated rings. The molecule has 2 bridgehead atoms. The molecular formula is C29H35NO6Si. The van der Waals surface area contributed by atoms with E-state index in [9.17, 15) is 24.5 Å². The molecular weight excluding hydrogens is 486 g/mol. The first-order chi connectivity index (χ1) is 17.1. The fraction of sp³-hybridized carbons (Fsp3) is 0.552. The van der Waals surface area contributed by atoms with Crippen molar-refractivity contribution in [3.63, 3.8) is 0 Å². The predicted octanol–water partition coefficient (Wildman–Crippen LogP) is 5.85. The summed E-state index contributed by atoms with van der Waals surface area (Å²) in [4.78, 5) is 50.9. The Bertz CT molecular complexity index is 1290. The normalized spacial score (nSPS) is 34.2. The van der Waals surface area contributed by atoms with Crippen LogP contribution in [0.2, 0.25) is 19.6 Å². The largest absolute Gasteiger partial charge is 0.458 e. The molecule has 1 aromatic rings. The Morgan fingerprint density at radius 3 is 2.30 bits per heavy atom. The van der Waals surface area contributed by atoms with Gasteiger partial charge in [0.25, 0.3) is 5.69 Å². The minimum atomic E-state index is -1.85. The number of nitro groups is 1. The van der Waals surface area contributed by atoms with E-state index in [0.717, 1.165) is 17.2 Å². The molecule has 5 rings (SSSR count). The lowest BCUT2D eigenvalue weighted by atomic mass is 9.44. The topological polar surface area (TPSA) is 104 Å². The monoisotopic (exact) mass is 521 g/mol. The standard InChI is InChI=1S/C29H35NO6Si/c1-27(2)21-11-14-29-22(15-19(25(29)32)20(16-23(29)31)37(4,5)6)28(21,3)13-12-24(27)36-26(33)17-7-9-18(10-8-17)30(34)35/h7-10,15-16,19,21,24H,11-14H2,1-6H3/t19-,21-,24-,28-,29+/m1/s1. The number of rotatable bonds is 4. The average Bonchev–Trinajstić information content (AvgIpc) is 3.03. The molecule has 37 heavy (non-hydrogen) atoms. The number of hydrogen-bond acceptors (Lipinski definition) is 6. The number of ketones is 2. The summed E-state index contributed by atoms with van der Waals surface area (Å²) >= 11 is 0. The first kappa shape index (κ1) is 25.8. The van der Waals surface area contributed by atoms with Crippen molar-refractivity contribution in [1.29, 1.82) is 0 Å². The number of carbonyl (C=O) groups is 3. The lowest BCUT2D eigenvalue weighted by Gasteiger charge is -2.60.